The van der Waals surface area contributed by atoms with Crippen molar-refractivity contribution < 1.29 is 23.5 Å². The zero-order valence-corrected chi connectivity index (χ0v) is 24.0. The first-order valence-corrected chi connectivity index (χ1v) is 14.6. The van der Waals surface area contributed by atoms with Crippen molar-refractivity contribution in [2.75, 3.05) is 19.7 Å². The van der Waals surface area contributed by atoms with Gasteiger partial charge in [0.05, 0.1) is 18.8 Å². The van der Waals surface area contributed by atoms with Crippen LogP contribution in [0.4, 0.5) is 4.79 Å². The number of carbonyl (C=O) groups is 1. The summed E-state index contributed by atoms with van der Waals surface area (Å²) < 4.78 is 24.6. The molecule has 0 aliphatic carbocycles. The van der Waals surface area contributed by atoms with Crippen molar-refractivity contribution in [1.29, 1.82) is 0 Å². The van der Waals surface area contributed by atoms with Crippen LogP contribution in [0.25, 0.3) is 11.3 Å². The second-order valence-corrected chi connectivity index (χ2v) is 10.6. The molecule has 3 aromatic heterocycles. The number of aromatic nitrogens is 4. The van der Waals surface area contributed by atoms with Crippen LogP contribution < -0.4 is 10.6 Å². The quantitative estimate of drug-likeness (QED) is 0.265. The molecule has 2 unspecified atom stereocenters. The van der Waals surface area contributed by atoms with Gasteiger partial charge in [-0.2, -0.15) is 0 Å². The topological polar surface area (TPSA) is 126 Å². The number of carbonyl (C=O) groups excluding carboxylic acids is 1. The number of alkyl carbamates (subject to hydrolysis) is 1. The molecular weight excluding hydrogens is 548 g/mol. The van der Waals surface area contributed by atoms with E-state index < -0.39 is 0 Å². The van der Waals surface area contributed by atoms with Gasteiger partial charge in [0.15, 0.2) is 12.1 Å². The lowest BCUT2D eigenvalue weighted by Gasteiger charge is -2.26. The van der Waals surface area contributed by atoms with Gasteiger partial charge in [0.25, 0.3) is 0 Å². The Morgan fingerprint density at radius 2 is 1.98 bits per heavy atom. The second kappa shape index (κ2) is 13.6. The molecular formula is C32H34N6O5. The minimum absolute atomic E-state index is 0.151. The summed E-state index contributed by atoms with van der Waals surface area (Å²) in [5.41, 5.74) is 4.31. The Labute approximate surface area is 249 Å². The largest absolute Gasteiger partial charge is 0.443 e. The van der Waals surface area contributed by atoms with Crippen LogP contribution in [-0.2, 0) is 27.3 Å². The molecule has 2 aliphatic rings. The molecule has 11 heteroatoms. The maximum absolute atomic E-state index is 11.1. The summed E-state index contributed by atoms with van der Waals surface area (Å²) in [6.07, 6.45) is 7.67. The number of imidazole rings is 1. The van der Waals surface area contributed by atoms with E-state index in [1.807, 2.05) is 60.2 Å². The van der Waals surface area contributed by atoms with Crippen molar-refractivity contribution in [1.82, 2.24) is 30.3 Å². The van der Waals surface area contributed by atoms with Crippen LogP contribution in [0.3, 0.4) is 0 Å². The third-order valence-electron chi connectivity index (χ3n) is 7.27. The highest BCUT2D eigenvalue weighted by Crippen LogP contribution is 2.25. The van der Waals surface area contributed by atoms with Crippen LogP contribution in [0, 0.1) is 11.8 Å². The van der Waals surface area contributed by atoms with E-state index in [1.54, 1.807) is 12.4 Å². The smallest absolute Gasteiger partial charge is 0.407 e. The zero-order valence-electron chi connectivity index (χ0n) is 24.0. The molecule has 1 amide bonds. The van der Waals surface area contributed by atoms with Gasteiger partial charge in [-0.05, 0) is 62.6 Å². The Kier molecular flexibility index (Phi) is 9.08. The molecule has 5 heterocycles. The lowest BCUT2D eigenvalue weighted by atomic mass is 10.1. The number of pyridine rings is 1. The highest BCUT2D eigenvalue weighted by atomic mass is 16.7. The van der Waals surface area contributed by atoms with Crippen LogP contribution in [0.15, 0.2) is 65.6 Å². The van der Waals surface area contributed by atoms with Crippen LogP contribution in [0.1, 0.15) is 60.6 Å². The lowest BCUT2D eigenvalue weighted by molar-refractivity contribution is -0.188. The van der Waals surface area contributed by atoms with Crippen LogP contribution >= 0.6 is 0 Å². The molecule has 2 N–H and O–H groups in total. The first kappa shape index (κ1) is 28.6. The third kappa shape index (κ3) is 7.67. The summed E-state index contributed by atoms with van der Waals surface area (Å²) in [5.74, 6) is 7.86. The Morgan fingerprint density at radius 1 is 1.12 bits per heavy atom. The first-order chi connectivity index (χ1) is 21.1. The molecule has 11 nitrogen and oxygen atoms in total. The molecule has 0 bridgehead atoms. The summed E-state index contributed by atoms with van der Waals surface area (Å²) >= 11 is 0. The zero-order chi connectivity index (χ0) is 29.4. The molecule has 0 spiro atoms. The van der Waals surface area contributed by atoms with E-state index in [4.69, 9.17) is 18.7 Å². The van der Waals surface area contributed by atoms with E-state index in [2.05, 4.69) is 37.6 Å². The van der Waals surface area contributed by atoms with Crippen molar-refractivity contribution >= 4 is 6.09 Å². The van der Waals surface area contributed by atoms with E-state index in [0.29, 0.717) is 31.9 Å². The van der Waals surface area contributed by atoms with E-state index in [0.717, 1.165) is 59.8 Å². The number of nitrogens with zero attached hydrogens (tertiary/aromatic N) is 4. The minimum atomic E-state index is -0.368. The SMILES string of the molecule is C[C@H](OC1CCCCO1)c1nccn1Cc1cc(-c2ccc(C#Cc3ccc(CNCC4CNC(=O)O4)nc3)cc2)on1. The van der Waals surface area contributed by atoms with E-state index in [-0.39, 0.29) is 24.6 Å². The highest BCUT2D eigenvalue weighted by molar-refractivity contribution is 5.69. The highest BCUT2D eigenvalue weighted by Gasteiger charge is 2.22. The van der Waals surface area contributed by atoms with Crippen molar-refractivity contribution in [3.05, 3.63) is 89.4 Å². The normalized spacial score (nSPS) is 18.9. The van der Waals surface area contributed by atoms with Crippen molar-refractivity contribution in [2.24, 2.45) is 0 Å². The van der Waals surface area contributed by atoms with Gasteiger partial charge < -0.3 is 33.9 Å². The number of cyclic esters (lactones) is 1. The van der Waals surface area contributed by atoms with Gasteiger partial charge in [-0.1, -0.05) is 17.0 Å². The average Bonchev–Trinajstić information content (AvgIpc) is 3.80. The van der Waals surface area contributed by atoms with Gasteiger partial charge in [-0.15, -0.1) is 0 Å². The molecule has 0 saturated carbocycles. The molecule has 43 heavy (non-hydrogen) atoms. The summed E-state index contributed by atoms with van der Waals surface area (Å²) in [6, 6.07) is 13.7. The fraction of sp³-hybridized carbons (Fsp3) is 0.375. The number of nitrogens with one attached hydrogen (secondary N) is 2. The number of hydrogen-bond donors (Lipinski definition) is 2. The minimum Gasteiger partial charge on any atom is -0.443 e. The monoisotopic (exact) mass is 582 g/mol. The second-order valence-electron chi connectivity index (χ2n) is 10.6. The van der Waals surface area contributed by atoms with Crippen molar-refractivity contribution in [2.45, 2.75) is 57.8 Å². The van der Waals surface area contributed by atoms with Gasteiger partial charge in [0, 0.05) is 61.0 Å². The summed E-state index contributed by atoms with van der Waals surface area (Å²) in [5, 5.41) is 10.2. The van der Waals surface area contributed by atoms with E-state index in [1.165, 1.54) is 0 Å². The van der Waals surface area contributed by atoms with Gasteiger partial charge >= 0.3 is 6.09 Å². The molecule has 2 saturated heterocycles. The Balaban J connectivity index is 1.01. The molecule has 0 radical (unpaired) electrons. The lowest BCUT2D eigenvalue weighted by Crippen LogP contribution is -2.29. The summed E-state index contributed by atoms with van der Waals surface area (Å²) in [7, 11) is 0. The number of rotatable bonds is 10. The number of amides is 1. The van der Waals surface area contributed by atoms with E-state index >= 15 is 0 Å². The Morgan fingerprint density at radius 3 is 2.74 bits per heavy atom. The molecule has 222 valence electrons. The molecule has 3 atom stereocenters. The molecule has 2 aliphatic heterocycles. The van der Waals surface area contributed by atoms with Crippen LogP contribution in [0.5, 0.6) is 0 Å². The predicted octanol–water partition coefficient (Wildman–Crippen LogP) is 4.18. The van der Waals surface area contributed by atoms with Gasteiger partial charge in [-0.25, -0.2) is 9.78 Å². The molecule has 1 aromatic carbocycles. The molecule has 6 rings (SSSR count). The summed E-state index contributed by atoms with van der Waals surface area (Å²) in [4.78, 5) is 20.1. The maximum Gasteiger partial charge on any atom is 0.407 e. The summed E-state index contributed by atoms with van der Waals surface area (Å²) in [6.45, 7) is 4.94. The van der Waals surface area contributed by atoms with Gasteiger partial charge in [0.1, 0.15) is 23.7 Å². The first-order valence-electron chi connectivity index (χ1n) is 14.6. The fourth-order valence-corrected chi connectivity index (χ4v) is 4.99. The van der Waals surface area contributed by atoms with E-state index in [9.17, 15) is 4.79 Å². The van der Waals surface area contributed by atoms with Crippen molar-refractivity contribution in [3.63, 3.8) is 0 Å². The average molecular weight is 583 g/mol. The number of hydrogen-bond acceptors (Lipinski definition) is 9. The molecule has 2 fully saturated rings. The Hall–Kier alpha value is -4.50. The predicted molar refractivity (Wildman–Crippen MR) is 157 cm³/mol. The van der Waals surface area contributed by atoms with Gasteiger partial charge in [-0.3, -0.25) is 4.98 Å². The van der Waals surface area contributed by atoms with Gasteiger partial charge in [0.2, 0.25) is 0 Å². The van der Waals surface area contributed by atoms with Crippen LogP contribution in [-0.4, -0.2) is 57.9 Å². The fourth-order valence-electron chi connectivity index (χ4n) is 4.99. The number of benzene rings is 1. The maximum atomic E-state index is 11.1. The van der Waals surface area contributed by atoms with Crippen LogP contribution in [0.2, 0.25) is 0 Å². The standard InChI is InChI=1S/C32H34N6O5/c1-22(41-30-4-2-3-15-40-30)31-34-13-14-38(31)21-27-16-29(43-37-27)25-10-7-23(8-11-25)5-6-24-9-12-26(35-17-24)18-33-19-28-20-36-32(39)42-28/h7-14,16-17,22,28,30,33H,2-4,15,18-21H2,1H3,(H,36,39)/t22-,28?,30?/m0/s1. The molecule has 4 aromatic rings. The third-order valence-corrected chi connectivity index (χ3v) is 7.27. The van der Waals surface area contributed by atoms with Crippen molar-refractivity contribution in [3.8, 4) is 23.2 Å². The Bertz CT molecular complexity index is 1560. The number of ether oxygens (including phenoxy) is 3.